The molecular formula is C30H25F3O5. The number of hydrogen-bond acceptors (Lipinski definition) is 5. The molecule has 0 amide bonds. The highest BCUT2D eigenvalue weighted by Gasteiger charge is 2.40. The summed E-state index contributed by atoms with van der Waals surface area (Å²) < 4.78 is 57.1. The van der Waals surface area contributed by atoms with Crippen molar-refractivity contribution in [2.24, 2.45) is 0 Å². The molecule has 0 spiro atoms. The van der Waals surface area contributed by atoms with Gasteiger partial charge in [-0.3, -0.25) is 4.79 Å². The monoisotopic (exact) mass is 522 g/mol. The van der Waals surface area contributed by atoms with Crippen molar-refractivity contribution in [3.63, 3.8) is 0 Å². The molecule has 1 heterocycles. The van der Waals surface area contributed by atoms with Gasteiger partial charge in [0.1, 0.15) is 17.1 Å². The fourth-order valence-electron chi connectivity index (χ4n) is 3.72. The van der Waals surface area contributed by atoms with Crippen molar-refractivity contribution in [1.82, 2.24) is 0 Å². The van der Waals surface area contributed by atoms with Gasteiger partial charge in [0.2, 0.25) is 11.2 Å². The maximum atomic E-state index is 13.8. The summed E-state index contributed by atoms with van der Waals surface area (Å²) in [5.41, 5.74) is 1.50. The van der Waals surface area contributed by atoms with Crippen molar-refractivity contribution in [3.8, 4) is 17.2 Å². The van der Waals surface area contributed by atoms with Gasteiger partial charge in [0, 0.05) is 12.1 Å². The lowest BCUT2D eigenvalue weighted by Crippen LogP contribution is -2.15. The highest BCUT2D eigenvalue weighted by Crippen LogP contribution is 2.38. The van der Waals surface area contributed by atoms with Crippen LogP contribution in [0, 0.1) is 0 Å². The quantitative estimate of drug-likeness (QED) is 0.140. The zero-order valence-corrected chi connectivity index (χ0v) is 21.0. The third-order valence-corrected chi connectivity index (χ3v) is 5.86. The Kier molecular flexibility index (Phi) is 7.71. The summed E-state index contributed by atoms with van der Waals surface area (Å²) in [4.78, 5) is 25.3. The van der Waals surface area contributed by atoms with Gasteiger partial charge in [0.05, 0.1) is 5.39 Å². The molecule has 38 heavy (non-hydrogen) atoms. The van der Waals surface area contributed by atoms with Gasteiger partial charge in [0.15, 0.2) is 0 Å². The third kappa shape index (κ3) is 6.14. The first kappa shape index (κ1) is 26.7. The van der Waals surface area contributed by atoms with Gasteiger partial charge in [-0.05, 0) is 59.4 Å². The van der Waals surface area contributed by atoms with E-state index < -0.39 is 34.7 Å². The molecule has 5 nitrogen and oxygen atoms in total. The highest BCUT2D eigenvalue weighted by atomic mass is 19.4. The first-order chi connectivity index (χ1) is 18.0. The van der Waals surface area contributed by atoms with Gasteiger partial charge in [-0.2, -0.15) is 13.2 Å². The van der Waals surface area contributed by atoms with Crippen LogP contribution in [0.3, 0.4) is 0 Å². The summed E-state index contributed by atoms with van der Waals surface area (Å²) in [6.07, 6.45) is -1.51. The molecule has 0 aliphatic rings. The van der Waals surface area contributed by atoms with Crippen molar-refractivity contribution in [1.29, 1.82) is 0 Å². The number of hydrogen-bond donors (Lipinski definition) is 0. The smallest absolute Gasteiger partial charge is 0.449 e. The van der Waals surface area contributed by atoms with Crippen LogP contribution in [0.2, 0.25) is 0 Å². The molecule has 196 valence electrons. The SMILES string of the molecule is CCc1ccc(Oc2c(C(F)(F)F)oc3cc(OC(=O)C=Cc4ccc(C(C)C)cc4)ccc3c2=O)cc1. The Morgan fingerprint density at radius 3 is 2.24 bits per heavy atom. The lowest BCUT2D eigenvalue weighted by molar-refractivity contribution is -0.154. The summed E-state index contributed by atoms with van der Waals surface area (Å²) >= 11 is 0. The van der Waals surface area contributed by atoms with Crippen molar-refractivity contribution in [3.05, 3.63) is 105 Å². The van der Waals surface area contributed by atoms with E-state index in [4.69, 9.17) is 13.9 Å². The molecule has 0 radical (unpaired) electrons. The maximum absolute atomic E-state index is 13.8. The third-order valence-electron chi connectivity index (χ3n) is 5.86. The number of fused-ring (bicyclic) bond motifs is 1. The fraction of sp³-hybridized carbons (Fsp3) is 0.200. The Bertz CT molecular complexity index is 1530. The van der Waals surface area contributed by atoms with Crippen molar-refractivity contribution in [2.45, 2.75) is 39.3 Å². The number of carbonyl (C=O) groups excluding carboxylic acids is 1. The Morgan fingerprint density at radius 2 is 1.63 bits per heavy atom. The second-order valence-electron chi connectivity index (χ2n) is 8.92. The van der Waals surface area contributed by atoms with Crippen molar-refractivity contribution < 1.29 is 31.9 Å². The predicted molar refractivity (Wildman–Crippen MR) is 139 cm³/mol. The van der Waals surface area contributed by atoms with Crippen LogP contribution >= 0.6 is 0 Å². The van der Waals surface area contributed by atoms with Crippen LogP contribution in [-0.2, 0) is 17.4 Å². The maximum Gasteiger partial charge on any atom is 0.453 e. The van der Waals surface area contributed by atoms with Crippen LogP contribution in [0.4, 0.5) is 13.2 Å². The summed E-state index contributed by atoms with van der Waals surface area (Å²) in [7, 11) is 0. The second-order valence-corrected chi connectivity index (χ2v) is 8.92. The van der Waals surface area contributed by atoms with E-state index in [2.05, 4.69) is 13.8 Å². The molecule has 0 aliphatic carbocycles. The number of halogens is 3. The Morgan fingerprint density at radius 1 is 0.974 bits per heavy atom. The molecule has 3 aromatic carbocycles. The average molecular weight is 523 g/mol. The van der Waals surface area contributed by atoms with E-state index in [-0.39, 0.29) is 16.9 Å². The number of carbonyl (C=O) groups is 1. The summed E-state index contributed by atoms with van der Waals surface area (Å²) in [6.45, 7) is 6.08. The van der Waals surface area contributed by atoms with Gasteiger partial charge < -0.3 is 13.9 Å². The minimum absolute atomic E-state index is 0.0653. The Hall–Kier alpha value is -4.33. The Labute approximate surface area is 217 Å². The van der Waals surface area contributed by atoms with E-state index in [0.29, 0.717) is 5.92 Å². The molecular weight excluding hydrogens is 497 g/mol. The van der Waals surface area contributed by atoms with E-state index in [1.165, 1.54) is 30.3 Å². The molecule has 0 N–H and O–H groups in total. The van der Waals surface area contributed by atoms with E-state index in [1.807, 2.05) is 31.2 Å². The van der Waals surface area contributed by atoms with Gasteiger partial charge in [0.25, 0.3) is 5.76 Å². The molecule has 0 bridgehead atoms. The van der Waals surface area contributed by atoms with Gasteiger partial charge >= 0.3 is 12.1 Å². The summed E-state index contributed by atoms with van der Waals surface area (Å²) in [5, 5.41) is -0.154. The van der Waals surface area contributed by atoms with Gasteiger partial charge in [-0.25, -0.2) is 4.79 Å². The lowest BCUT2D eigenvalue weighted by Gasteiger charge is -2.13. The van der Waals surface area contributed by atoms with Crippen molar-refractivity contribution in [2.75, 3.05) is 0 Å². The molecule has 4 rings (SSSR count). The first-order valence-corrected chi connectivity index (χ1v) is 12.0. The number of rotatable bonds is 7. The predicted octanol–water partition coefficient (Wildman–Crippen LogP) is 7.91. The molecule has 8 heteroatoms. The van der Waals surface area contributed by atoms with E-state index in [1.54, 1.807) is 18.2 Å². The molecule has 0 atom stereocenters. The fourth-order valence-corrected chi connectivity index (χ4v) is 3.72. The second kappa shape index (κ2) is 11.0. The van der Waals surface area contributed by atoms with Gasteiger partial charge in [-0.15, -0.1) is 0 Å². The molecule has 0 aliphatic heterocycles. The van der Waals surface area contributed by atoms with E-state index in [9.17, 15) is 22.8 Å². The molecule has 0 unspecified atom stereocenters. The van der Waals surface area contributed by atoms with E-state index in [0.717, 1.165) is 29.2 Å². The Balaban J connectivity index is 1.60. The highest BCUT2D eigenvalue weighted by molar-refractivity contribution is 5.89. The topological polar surface area (TPSA) is 65.7 Å². The van der Waals surface area contributed by atoms with Crippen LogP contribution in [0.5, 0.6) is 17.2 Å². The first-order valence-electron chi connectivity index (χ1n) is 12.0. The van der Waals surface area contributed by atoms with Crippen LogP contribution < -0.4 is 14.9 Å². The number of alkyl halides is 3. The zero-order valence-electron chi connectivity index (χ0n) is 21.0. The molecule has 1 aromatic heterocycles. The van der Waals surface area contributed by atoms with E-state index >= 15 is 0 Å². The molecule has 0 saturated carbocycles. The molecule has 0 fully saturated rings. The summed E-state index contributed by atoms with van der Waals surface area (Å²) in [6, 6.07) is 17.6. The van der Waals surface area contributed by atoms with Crippen LogP contribution in [0.1, 0.15) is 49.1 Å². The number of aryl methyl sites for hydroxylation is 1. The van der Waals surface area contributed by atoms with Crippen LogP contribution in [-0.4, -0.2) is 5.97 Å². The largest absolute Gasteiger partial charge is 0.453 e. The number of benzene rings is 3. The number of esters is 1. The zero-order chi connectivity index (χ0) is 27.4. The normalized spacial score (nSPS) is 11.9. The van der Waals surface area contributed by atoms with Crippen LogP contribution in [0.15, 0.2) is 82.0 Å². The standard InChI is InChI=1S/C30H25F3O5/c1-4-19-7-12-22(13-8-19)37-28-27(35)24-15-14-23(17-25(24)38-29(28)30(31,32)33)36-26(34)16-9-20-5-10-21(11-6-20)18(2)3/h5-18H,4H2,1-3H3. The minimum atomic E-state index is -5.01. The molecule has 0 saturated heterocycles. The van der Waals surface area contributed by atoms with Crippen molar-refractivity contribution >= 4 is 23.0 Å². The number of ether oxygens (including phenoxy) is 2. The molecule has 4 aromatic rings. The average Bonchev–Trinajstić information content (AvgIpc) is 2.89. The lowest BCUT2D eigenvalue weighted by atomic mass is 10.0. The minimum Gasteiger partial charge on any atom is -0.449 e. The van der Waals surface area contributed by atoms with Gasteiger partial charge in [-0.1, -0.05) is 57.2 Å². The van der Waals surface area contributed by atoms with Crippen LogP contribution in [0.25, 0.3) is 17.0 Å². The summed E-state index contributed by atoms with van der Waals surface area (Å²) in [5.74, 6) is -2.93.